The van der Waals surface area contributed by atoms with Gasteiger partial charge in [-0.3, -0.25) is 0 Å². The van der Waals surface area contributed by atoms with Crippen LogP contribution in [0.1, 0.15) is 25.0 Å². The maximum atomic E-state index is 12.1. The summed E-state index contributed by atoms with van der Waals surface area (Å²) in [4.78, 5) is 0.311. The molecular formula is C13H20N2O2S2. The molecule has 0 spiro atoms. The average molecular weight is 300 g/mol. The molecule has 0 amide bonds. The fraction of sp³-hybridized carbons (Fsp3) is 0.462. The predicted octanol–water partition coefficient (Wildman–Crippen LogP) is 1.74. The molecule has 0 unspecified atom stereocenters. The van der Waals surface area contributed by atoms with Gasteiger partial charge in [-0.2, -0.15) is 0 Å². The fourth-order valence-corrected chi connectivity index (χ4v) is 3.21. The lowest BCUT2D eigenvalue weighted by Crippen LogP contribution is -2.31. The van der Waals surface area contributed by atoms with E-state index in [4.69, 9.17) is 18.0 Å². The van der Waals surface area contributed by atoms with Gasteiger partial charge in [0.2, 0.25) is 10.0 Å². The third kappa shape index (κ3) is 4.89. The molecule has 106 valence electrons. The molecule has 4 nitrogen and oxygen atoms in total. The summed E-state index contributed by atoms with van der Waals surface area (Å²) in [7, 11) is -1.66. The van der Waals surface area contributed by atoms with Crippen molar-refractivity contribution in [3.05, 3.63) is 35.4 Å². The maximum Gasteiger partial charge on any atom is 0.218 e. The standard InChI is InChI=1S/C13H20N2O2S2/c1-10(2)8-15(3)19(16,17)9-11-4-6-12(7-5-11)13(14)18/h4-7,10H,8-9H2,1-3H3,(H2,14,18). The molecule has 0 heterocycles. The summed E-state index contributed by atoms with van der Waals surface area (Å²) in [6, 6.07) is 6.98. The Hall–Kier alpha value is -0.980. The van der Waals surface area contributed by atoms with Gasteiger partial charge in [-0.25, -0.2) is 12.7 Å². The molecule has 0 atom stereocenters. The van der Waals surface area contributed by atoms with E-state index in [1.54, 1.807) is 31.3 Å². The van der Waals surface area contributed by atoms with Gasteiger partial charge < -0.3 is 5.73 Å². The molecular weight excluding hydrogens is 280 g/mol. The maximum absolute atomic E-state index is 12.1. The number of rotatable bonds is 6. The summed E-state index contributed by atoms with van der Waals surface area (Å²) in [5, 5.41) is 0. The van der Waals surface area contributed by atoms with Gasteiger partial charge in [-0.15, -0.1) is 0 Å². The first-order chi connectivity index (χ1) is 8.72. The van der Waals surface area contributed by atoms with Crippen LogP contribution in [0, 0.1) is 5.92 Å². The average Bonchev–Trinajstić information content (AvgIpc) is 2.28. The number of thiocarbonyl (C=S) groups is 1. The Balaban J connectivity index is 2.81. The smallest absolute Gasteiger partial charge is 0.218 e. The van der Waals surface area contributed by atoms with E-state index in [9.17, 15) is 8.42 Å². The summed E-state index contributed by atoms with van der Waals surface area (Å²) >= 11 is 4.86. The highest BCUT2D eigenvalue weighted by Crippen LogP contribution is 2.12. The zero-order valence-electron chi connectivity index (χ0n) is 11.5. The third-order valence-corrected chi connectivity index (χ3v) is 4.72. The van der Waals surface area contributed by atoms with Crippen molar-refractivity contribution in [3.63, 3.8) is 0 Å². The molecule has 0 aromatic heterocycles. The zero-order chi connectivity index (χ0) is 14.6. The lowest BCUT2D eigenvalue weighted by atomic mass is 10.1. The second kappa shape index (κ2) is 6.45. The van der Waals surface area contributed by atoms with Gasteiger partial charge in [0.05, 0.1) is 5.75 Å². The minimum absolute atomic E-state index is 0.00612. The van der Waals surface area contributed by atoms with E-state index in [1.165, 1.54) is 4.31 Å². The van der Waals surface area contributed by atoms with Gasteiger partial charge in [0, 0.05) is 19.2 Å². The van der Waals surface area contributed by atoms with Crippen molar-refractivity contribution < 1.29 is 8.42 Å². The number of benzene rings is 1. The van der Waals surface area contributed by atoms with Crippen molar-refractivity contribution in [1.29, 1.82) is 0 Å². The molecule has 0 bridgehead atoms. The second-order valence-electron chi connectivity index (χ2n) is 4.99. The van der Waals surface area contributed by atoms with Crippen molar-refractivity contribution in [2.45, 2.75) is 19.6 Å². The Morgan fingerprint density at radius 3 is 2.26 bits per heavy atom. The van der Waals surface area contributed by atoms with Gasteiger partial charge in [-0.05, 0) is 11.5 Å². The number of hydrogen-bond acceptors (Lipinski definition) is 3. The molecule has 0 radical (unpaired) electrons. The molecule has 19 heavy (non-hydrogen) atoms. The van der Waals surface area contributed by atoms with E-state index < -0.39 is 10.0 Å². The molecule has 0 saturated heterocycles. The third-order valence-electron chi connectivity index (χ3n) is 2.68. The Kier molecular flexibility index (Phi) is 5.46. The van der Waals surface area contributed by atoms with E-state index >= 15 is 0 Å². The van der Waals surface area contributed by atoms with Crippen LogP contribution in [-0.4, -0.2) is 31.3 Å². The highest BCUT2D eigenvalue weighted by atomic mass is 32.2. The number of sulfonamides is 1. The molecule has 0 aliphatic heterocycles. The Morgan fingerprint density at radius 2 is 1.84 bits per heavy atom. The molecule has 0 aliphatic rings. The minimum Gasteiger partial charge on any atom is -0.389 e. The van der Waals surface area contributed by atoms with Gasteiger partial charge in [0.15, 0.2) is 0 Å². The Labute approximate surface area is 120 Å². The van der Waals surface area contributed by atoms with Crippen molar-refractivity contribution in [3.8, 4) is 0 Å². The van der Waals surface area contributed by atoms with E-state index in [0.29, 0.717) is 17.5 Å². The first-order valence-corrected chi connectivity index (χ1v) is 8.07. The van der Waals surface area contributed by atoms with Gasteiger partial charge in [0.1, 0.15) is 4.99 Å². The lowest BCUT2D eigenvalue weighted by Gasteiger charge is -2.19. The highest BCUT2D eigenvalue weighted by molar-refractivity contribution is 7.88. The highest BCUT2D eigenvalue weighted by Gasteiger charge is 2.19. The minimum atomic E-state index is -3.27. The molecule has 1 rings (SSSR count). The van der Waals surface area contributed by atoms with Gasteiger partial charge >= 0.3 is 0 Å². The second-order valence-corrected chi connectivity index (χ2v) is 7.51. The summed E-state index contributed by atoms with van der Waals surface area (Å²) < 4.78 is 25.7. The molecule has 0 saturated carbocycles. The normalized spacial score (nSPS) is 12.1. The van der Waals surface area contributed by atoms with Gasteiger partial charge in [0.25, 0.3) is 0 Å². The molecule has 0 aliphatic carbocycles. The van der Waals surface area contributed by atoms with Crippen molar-refractivity contribution >= 4 is 27.2 Å². The van der Waals surface area contributed by atoms with Crippen LogP contribution in [0.25, 0.3) is 0 Å². The van der Waals surface area contributed by atoms with E-state index in [0.717, 1.165) is 11.1 Å². The molecule has 1 aromatic rings. The summed E-state index contributed by atoms with van der Waals surface area (Å²) in [5.74, 6) is 0.296. The van der Waals surface area contributed by atoms with Crippen LogP contribution in [-0.2, 0) is 15.8 Å². The number of nitrogens with zero attached hydrogens (tertiary/aromatic N) is 1. The van der Waals surface area contributed by atoms with Crippen LogP contribution in [0.4, 0.5) is 0 Å². The SMILES string of the molecule is CC(C)CN(C)S(=O)(=O)Cc1ccc(C(N)=S)cc1. The predicted molar refractivity (Wildman–Crippen MR) is 82.4 cm³/mol. The van der Waals surface area contributed by atoms with Gasteiger partial charge in [-0.1, -0.05) is 50.3 Å². The monoisotopic (exact) mass is 300 g/mol. The number of nitrogens with two attached hydrogens (primary N) is 1. The lowest BCUT2D eigenvalue weighted by molar-refractivity contribution is 0.416. The molecule has 0 fully saturated rings. The first-order valence-electron chi connectivity index (χ1n) is 6.05. The van der Waals surface area contributed by atoms with Crippen LogP contribution < -0.4 is 5.73 Å². The van der Waals surface area contributed by atoms with E-state index in [1.807, 2.05) is 13.8 Å². The van der Waals surface area contributed by atoms with Crippen LogP contribution >= 0.6 is 12.2 Å². The quantitative estimate of drug-likeness (QED) is 0.813. The molecule has 6 heteroatoms. The van der Waals surface area contributed by atoms with Crippen LogP contribution in [0.5, 0.6) is 0 Å². The Bertz CT molecular complexity index is 536. The number of hydrogen-bond donors (Lipinski definition) is 1. The van der Waals surface area contributed by atoms with Crippen molar-refractivity contribution in [1.82, 2.24) is 4.31 Å². The van der Waals surface area contributed by atoms with Crippen molar-refractivity contribution in [2.24, 2.45) is 11.7 Å². The van der Waals surface area contributed by atoms with Crippen molar-refractivity contribution in [2.75, 3.05) is 13.6 Å². The summed E-state index contributed by atoms with van der Waals surface area (Å²) in [6.07, 6.45) is 0. The van der Waals surface area contributed by atoms with Crippen LogP contribution in [0.2, 0.25) is 0 Å². The topological polar surface area (TPSA) is 63.4 Å². The first kappa shape index (κ1) is 16.1. The molecule has 2 N–H and O–H groups in total. The van der Waals surface area contributed by atoms with Crippen LogP contribution in [0.15, 0.2) is 24.3 Å². The van der Waals surface area contributed by atoms with Crippen LogP contribution in [0.3, 0.4) is 0 Å². The summed E-state index contributed by atoms with van der Waals surface area (Å²) in [6.45, 7) is 4.50. The van der Waals surface area contributed by atoms with E-state index in [2.05, 4.69) is 0 Å². The van der Waals surface area contributed by atoms with E-state index in [-0.39, 0.29) is 5.75 Å². The summed E-state index contributed by atoms with van der Waals surface area (Å²) in [5.41, 5.74) is 6.97. The zero-order valence-corrected chi connectivity index (χ0v) is 13.1. The Morgan fingerprint density at radius 1 is 1.32 bits per heavy atom. The fourth-order valence-electron chi connectivity index (χ4n) is 1.71. The molecule has 1 aromatic carbocycles. The largest absolute Gasteiger partial charge is 0.389 e.